The van der Waals surface area contributed by atoms with E-state index in [-0.39, 0.29) is 12.2 Å². The van der Waals surface area contributed by atoms with Gasteiger partial charge in [-0.2, -0.15) is 0 Å². The first-order valence-electron chi connectivity index (χ1n) is 9.33. The van der Waals surface area contributed by atoms with E-state index in [1.807, 2.05) is 62.4 Å². The van der Waals surface area contributed by atoms with Crippen molar-refractivity contribution in [3.8, 4) is 5.75 Å². The molecule has 3 rings (SSSR count). The van der Waals surface area contributed by atoms with E-state index in [2.05, 4.69) is 5.32 Å². The fourth-order valence-corrected chi connectivity index (χ4v) is 2.89. The largest absolute Gasteiger partial charge is 0.488 e. The highest BCUT2D eigenvalue weighted by molar-refractivity contribution is 5.97. The lowest BCUT2D eigenvalue weighted by Gasteiger charge is -2.13. The number of nitrogens with one attached hydrogen (secondary N) is 1. The average molecular weight is 389 g/mol. The van der Waals surface area contributed by atoms with Crippen LogP contribution in [0.1, 0.15) is 27.0 Å². The van der Waals surface area contributed by atoms with Crippen molar-refractivity contribution in [2.45, 2.75) is 20.5 Å². The number of carbonyl (C=O) groups excluding carboxylic acids is 2. The molecule has 148 valence electrons. The SMILES string of the molecule is Cc1cccc(C)c1NC(=O)COC(=O)c1ccccc1OCc1ccccc1. The summed E-state index contributed by atoms with van der Waals surface area (Å²) in [4.78, 5) is 24.7. The molecule has 0 aromatic heterocycles. The number of benzene rings is 3. The van der Waals surface area contributed by atoms with Crippen molar-refractivity contribution < 1.29 is 19.1 Å². The van der Waals surface area contributed by atoms with E-state index in [0.29, 0.717) is 12.4 Å². The van der Waals surface area contributed by atoms with E-state index < -0.39 is 11.9 Å². The van der Waals surface area contributed by atoms with Crippen LogP contribution < -0.4 is 10.1 Å². The summed E-state index contributed by atoms with van der Waals surface area (Å²) in [5.41, 5.74) is 3.90. The predicted molar refractivity (Wildman–Crippen MR) is 112 cm³/mol. The minimum absolute atomic E-state index is 0.281. The molecule has 0 aliphatic heterocycles. The molecule has 0 fully saturated rings. The van der Waals surface area contributed by atoms with Crippen LogP contribution in [0.4, 0.5) is 5.69 Å². The molecule has 1 N–H and O–H groups in total. The average Bonchev–Trinajstić information content (AvgIpc) is 2.74. The van der Waals surface area contributed by atoms with Gasteiger partial charge in [-0.1, -0.05) is 60.7 Å². The van der Waals surface area contributed by atoms with Crippen LogP contribution in [-0.4, -0.2) is 18.5 Å². The van der Waals surface area contributed by atoms with Crippen LogP contribution in [0.2, 0.25) is 0 Å². The Morgan fingerprint density at radius 3 is 2.21 bits per heavy atom. The van der Waals surface area contributed by atoms with Gasteiger partial charge in [-0.15, -0.1) is 0 Å². The topological polar surface area (TPSA) is 64.6 Å². The van der Waals surface area contributed by atoms with E-state index in [4.69, 9.17) is 9.47 Å². The molecule has 3 aromatic rings. The maximum Gasteiger partial charge on any atom is 0.342 e. The van der Waals surface area contributed by atoms with E-state index in [1.165, 1.54) is 0 Å². The number of esters is 1. The molecular formula is C24H23NO4. The zero-order valence-electron chi connectivity index (χ0n) is 16.5. The van der Waals surface area contributed by atoms with Crippen LogP contribution in [0.5, 0.6) is 5.75 Å². The third kappa shape index (κ3) is 5.45. The molecule has 1 amide bonds. The first-order valence-corrected chi connectivity index (χ1v) is 9.33. The number of para-hydroxylation sites is 2. The van der Waals surface area contributed by atoms with Crippen LogP contribution >= 0.6 is 0 Å². The molecular weight excluding hydrogens is 366 g/mol. The van der Waals surface area contributed by atoms with Gasteiger partial charge in [-0.25, -0.2) is 4.79 Å². The Balaban J connectivity index is 1.60. The summed E-state index contributed by atoms with van der Waals surface area (Å²) in [6, 6.07) is 22.2. The number of amides is 1. The Kier molecular flexibility index (Phi) is 6.63. The molecule has 5 nitrogen and oxygen atoms in total. The minimum Gasteiger partial charge on any atom is -0.488 e. The normalized spacial score (nSPS) is 10.3. The Morgan fingerprint density at radius 2 is 1.48 bits per heavy atom. The molecule has 29 heavy (non-hydrogen) atoms. The Morgan fingerprint density at radius 1 is 0.828 bits per heavy atom. The highest BCUT2D eigenvalue weighted by Gasteiger charge is 2.16. The highest BCUT2D eigenvalue weighted by Crippen LogP contribution is 2.21. The van der Waals surface area contributed by atoms with Crippen molar-refractivity contribution in [3.05, 3.63) is 95.1 Å². The molecule has 3 aromatic carbocycles. The van der Waals surface area contributed by atoms with Gasteiger partial charge in [-0.05, 0) is 42.7 Å². The van der Waals surface area contributed by atoms with Gasteiger partial charge in [-0.3, -0.25) is 4.79 Å². The van der Waals surface area contributed by atoms with Gasteiger partial charge in [0.15, 0.2) is 6.61 Å². The first-order chi connectivity index (χ1) is 14.0. The van der Waals surface area contributed by atoms with Gasteiger partial charge in [0.05, 0.1) is 0 Å². The monoisotopic (exact) mass is 389 g/mol. The van der Waals surface area contributed by atoms with Gasteiger partial charge < -0.3 is 14.8 Å². The summed E-state index contributed by atoms with van der Waals surface area (Å²) >= 11 is 0. The van der Waals surface area contributed by atoms with Gasteiger partial charge in [0.1, 0.15) is 17.9 Å². The van der Waals surface area contributed by atoms with Crippen molar-refractivity contribution in [2.75, 3.05) is 11.9 Å². The Labute approximate surface area is 170 Å². The summed E-state index contributed by atoms with van der Waals surface area (Å²) in [5.74, 6) is -0.583. The van der Waals surface area contributed by atoms with Gasteiger partial charge in [0.2, 0.25) is 0 Å². The summed E-state index contributed by atoms with van der Waals surface area (Å²) in [5, 5.41) is 2.80. The second-order valence-electron chi connectivity index (χ2n) is 6.66. The fourth-order valence-electron chi connectivity index (χ4n) is 2.89. The lowest BCUT2D eigenvalue weighted by Crippen LogP contribution is -2.22. The third-order valence-electron chi connectivity index (χ3n) is 4.42. The molecule has 0 saturated heterocycles. The quantitative estimate of drug-likeness (QED) is 0.596. The first kappa shape index (κ1) is 20.1. The van der Waals surface area contributed by atoms with Crippen molar-refractivity contribution >= 4 is 17.6 Å². The smallest absolute Gasteiger partial charge is 0.342 e. The molecule has 0 aliphatic rings. The van der Waals surface area contributed by atoms with Crippen LogP contribution in [0.3, 0.4) is 0 Å². The fraction of sp³-hybridized carbons (Fsp3) is 0.167. The molecule has 0 radical (unpaired) electrons. The maximum atomic E-state index is 12.5. The summed E-state index contributed by atoms with van der Waals surface area (Å²) < 4.78 is 11.0. The number of aryl methyl sites for hydroxylation is 2. The van der Waals surface area contributed by atoms with Crippen LogP contribution in [0, 0.1) is 13.8 Å². The number of hydrogen-bond donors (Lipinski definition) is 1. The van der Waals surface area contributed by atoms with E-state index in [1.54, 1.807) is 24.3 Å². The molecule has 0 unspecified atom stereocenters. The number of ether oxygens (including phenoxy) is 2. The number of hydrogen-bond acceptors (Lipinski definition) is 4. The van der Waals surface area contributed by atoms with Gasteiger partial charge in [0.25, 0.3) is 5.91 Å². The second-order valence-corrected chi connectivity index (χ2v) is 6.66. The molecule has 0 atom stereocenters. The van der Waals surface area contributed by atoms with Crippen molar-refractivity contribution in [1.82, 2.24) is 0 Å². The number of rotatable bonds is 7. The van der Waals surface area contributed by atoms with Crippen molar-refractivity contribution in [3.63, 3.8) is 0 Å². The molecule has 0 saturated carbocycles. The lowest BCUT2D eigenvalue weighted by atomic mass is 10.1. The Bertz CT molecular complexity index is 979. The third-order valence-corrected chi connectivity index (χ3v) is 4.42. The summed E-state index contributed by atoms with van der Waals surface area (Å²) in [7, 11) is 0. The molecule has 5 heteroatoms. The van der Waals surface area contributed by atoms with Crippen molar-refractivity contribution in [1.29, 1.82) is 0 Å². The zero-order chi connectivity index (χ0) is 20.6. The molecule has 0 heterocycles. The maximum absolute atomic E-state index is 12.5. The number of anilines is 1. The minimum atomic E-state index is -0.606. The van der Waals surface area contributed by atoms with E-state index in [9.17, 15) is 9.59 Å². The van der Waals surface area contributed by atoms with E-state index >= 15 is 0 Å². The highest BCUT2D eigenvalue weighted by atomic mass is 16.5. The standard InChI is InChI=1S/C24H23NO4/c1-17-9-8-10-18(2)23(17)25-22(26)16-29-24(27)20-13-6-7-14-21(20)28-15-19-11-4-3-5-12-19/h3-14H,15-16H2,1-2H3,(H,25,26). The lowest BCUT2D eigenvalue weighted by molar-refractivity contribution is -0.119. The van der Waals surface area contributed by atoms with Crippen LogP contribution in [0.25, 0.3) is 0 Å². The summed E-state index contributed by atoms with van der Waals surface area (Å²) in [6.07, 6.45) is 0. The number of carbonyl (C=O) groups is 2. The molecule has 0 bridgehead atoms. The van der Waals surface area contributed by atoms with Gasteiger partial charge >= 0.3 is 5.97 Å². The second kappa shape index (κ2) is 9.55. The molecule has 0 spiro atoms. The van der Waals surface area contributed by atoms with E-state index in [0.717, 1.165) is 22.4 Å². The predicted octanol–water partition coefficient (Wildman–Crippen LogP) is 4.68. The molecule has 0 aliphatic carbocycles. The summed E-state index contributed by atoms with van der Waals surface area (Å²) in [6.45, 7) is 3.78. The zero-order valence-corrected chi connectivity index (χ0v) is 16.5. The van der Waals surface area contributed by atoms with Gasteiger partial charge in [0, 0.05) is 5.69 Å². The van der Waals surface area contributed by atoms with Crippen molar-refractivity contribution in [2.24, 2.45) is 0 Å². The Hall–Kier alpha value is -3.60. The van der Waals surface area contributed by atoms with Crippen LogP contribution in [-0.2, 0) is 16.1 Å². The van der Waals surface area contributed by atoms with Crippen LogP contribution in [0.15, 0.2) is 72.8 Å².